The Hall–Kier alpha value is -1.35. The highest BCUT2D eigenvalue weighted by molar-refractivity contribution is 5.81. The van der Waals surface area contributed by atoms with Crippen LogP contribution in [0, 0.1) is 5.41 Å². The maximum Gasteiger partial charge on any atom is 0.237 e. The van der Waals surface area contributed by atoms with Crippen molar-refractivity contribution in [3.63, 3.8) is 0 Å². The summed E-state index contributed by atoms with van der Waals surface area (Å²) in [5.41, 5.74) is 2.91. The minimum atomic E-state index is -0.192. The summed E-state index contributed by atoms with van der Waals surface area (Å²) in [6, 6.07) is 8.79. The lowest BCUT2D eigenvalue weighted by Gasteiger charge is -2.42. The number of amides is 1. The Morgan fingerprint density at radius 3 is 2.57 bits per heavy atom. The molecule has 1 aromatic rings. The average molecular weight is 288 g/mol. The molecule has 2 unspecified atom stereocenters. The van der Waals surface area contributed by atoms with Gasteiger partial charge in [0.1, 0.15) is 0 Å². The van der Waals surface area contributed by atoms with Crippen molar-refractivity contribution >= 4 is 5.91 Å². The number of fused-ring (bicyclic) bond motifs is 1. The number of rotatable bonds is 4. The number of hydrogen-bond acceptors (Lipinski definition) is 2. The van der Waals surface area contributed by atoms with Crippen molar-refractivity contribution in [3.8, 4) is 0 Å². The number of hydrogen-bond donors (Lipinski definition) is 2. The van der Waals surface area contributed by atoms with Gasteiger partial charge in [-0.05, 0) is 50.2 Å². The molecule has 1 aromatic carbocycles. The van der Waals surface area contributed by atoms with E-state index in [0.717, 1.165) is 12.8 Å². The molecule has 1 aliphatic carbocycles. The Labute approximate surface area is 128 Å². The van der Waals surface area contributed by atoms with Crippen LogP contribution >= 0.6 is 0 Å². The first kappa shape index (κ1) is 16.0. The van der Waals surface area contributed by atoms with Crippen molar-refractivity contribution < 1.29 is 4.79 Å². The molecule has 0 spiro atoms. The molecular weight excluding hydrogens is 260 g/mol. The minimum Gasteiger partial charge on any atom is -0.353 e. The third kappa shape index (κ3) is 3.65. The molecule has 2 atom stereocenters. The monoisotopic (exact) mass is 288 g/mol. The standard InChI is InChI=1S/C18H28N2O/c1-12(2)19-17(21)13(3)20-16-15-9-7-6-8-14(15)10-11-18(16,4)5/h6-9,12-13,16,20H,10-11H2,1-5H3,(H,19,21). The van der Waals surface area contributed by atoms with Gasteiger partial charge in [0.15, 0.2) is 0 Å². The summed E-state index contributed by atoms with van der Waals surface area (Å²) < 4.78 is 0. The van der Waals surface area contributed by atoms with Crippen LogP contribution in [0.15, 0.2) is 24.3 Å². The molecule has 2 N–H and O–H groups in total. The first-order valence-electron chi connectivity index (χ1n) is 7.95. The van der Waals surface area contributed by atoms with Gasteiger partial charge < -0.3 is 5.32 Å². The van der Waals surface area contributed by atoms with Crippen molar-refractivity contribution in [3.05, 3.63) is 35.4 Å². The van der Waals surface area contributed by atoms with E-state index in [1.165, 1.54) is 11.1 Å². The van der Waals surface area contributed by atoms with E-state index in [9.17, 15) is 4.79 Å². The molecule has 0 saturated carbocycles. The molecule has 21 heavy (non-hydrogen) atoms. The molecule has 3 heteroatoms. The zero-order valence-electron chi connectivity index (χ0n) is 13.9. The van der Waals surface area contributed by atoms with Crippen LogP contribution in [-0.4, -0.2) is 18.0 Å². The van der Waals surface area contributed by atoms with Gasteiger partial charge in [0.2, 0.25) is 5.91 Å². The van der Waals surface area contributed by atoms with Crippen LogP contribution in [0.25, 0.3) is 0 Å². The molecule has 0 bridgehead atoms. The maximum absolute atomic E-state index is 12.2. The maximum atomic E-state index is 12.2. The van der Waals surface area contributed by atoms with Crippen LogP contribution in [0.5, 0.6) is 0 Å². The Bertz CT molecular complexity index is 508. The van der Waals surface area contributed by atoms with Gasteiger partial charge in [-0.15, -0.1) is 0 Å². The van der Waals surface area contributed by atoms with Crippen LogP contribution in [0.4, 0.5) is 0 Å². The Kier molecular flexibility index (Phi) is 4.72. The van der Waals surface area contributed by atoms with Crippen LogP contribution in [0.3, 0.4) is 0 Å². The molecule has 116 valence electrons. The van der Waals surface area contributed by atoms with Crippen LogP contribution in [-0.2, 0) is 11.2 Å². The fourth-order valence-electron chi connectivity index (χ4n) is 3.12. The van der Waals surface area contributed by atoms with Crippen molar-refractivity contribution in [2.75, 3.05) is 0 Å². The molecule has 0 saturated heterocycles. The van der Waals surface area contributed by atoms with E-state index in [2.05, 4.69) is 48.7 Å². The first-order chi connectivity index (χ1) is 9.81. The van der Waals surface area contributed by atoms with Crippen LogP contribution < -0.4 is 10.6 Å². The van der Waals surface area contributed by atoms with E-state index in [0.29, 0.717) is 0 Å². The Morgan fingerprint density at radius 2 is 1.90 bits per heavy atom. The van der Waals surface area contributed by atoms with Gasteiger partial charge >= 0.3 is 0 Å². The number of carbonyl (C=O) groups is 1. The van der Waals surface area contributed by atoms with Crippen molar-refractivity contribution in [2.24, 2.45) is 5.41 Å². The van der Waals surface area contributed by atoms with Crippen LogP contribution in [0.2, 0.25) is 0 Å². The van der Waals surface area contributed by atoms with Gasteiger partial charge in [-0.1, -0.05) is 38.1 Å². The first-order valence-corrected chi connectivity index (χ1v) is 7.95. The topological polar surface area (TPSA) is 41.1 Å². The lowest BCUT2D eigenvalue weighted by Crippen LogP contribution is -2.49. The molecule has 3 nitrogen and oxygen atoms in total. The van der Waals surface area contributed by atoms with E-state index >= 15 is 0 Å². The zero-order chi connectivity index (χ0) is 15.6. The Balaban J connectivity index is 2.19. The minimum absolute atomic E-state index is 0.0730. The van der Waals surface area contributed by atoms with E-state index in [4.69, 9.17) is 0 Å². The third-order valence-corrected chi connectivity index (χ3v) is 4.43. The molecule has 0 radical (unpaired) electrons. The number of benzene rings is 1. The largest absolute Gasteiger partial charge is 0.353 e. The predicted molar refractivity (Wildman–Crippen MR) is 87.2 cm³/mol. The van der Waals surface area contributed by atoms with Crippen molar-refractivity contribution in [2.45, 2.75) is 65.6 Å². The van der Waals surface area contributed by atoms with Crippen molar-refractivity contribution in [1.29, 1.82) is 0 Å². The van der Waals surface area contributed by atoms with Gasteiger partial charge in [-0.2, -0.15) is 0 Å². The van der Waals surface area contributed by atoms with Gasteiger partial charge in [-0.3, -0.25) is 10.1 Å². The highest BCUT2D eigenvalue weighted by Crippen LogP contribution is 2.43. The normalized spacial score (nSPS) is 21.7. The molecule has 1 aliphatic rings. The van der Waals surface area contributed by atoms with E-state index in [1.54, 1.807) is 0 Å². The quantitative estimate of drug-likeness (QED) is 0.893. The number of nitrogens with one attached hydrogen (secondary N) is 2. The number of carbonyl (C=O) groups excluding carboxylic acids is 1. The average Bonchev–Trinajstić information content (AvgIpc) is 2.41. The number of aryl methyl sites for hydroxylation is 1. The van der Waals surface area contributed by atoms with Crippen molar-refractivity contribution in [1.82, 2.24) is 10.6 Å². The molecule has 0 heterocycles. The third-order valence-electron chi connectivity index (χ3n) is 4.43. The molecular formula is C18H28N2O. The Morgan fingerprint density at radius 1 is 1.24 bits per heavy atom. The summed E-state index contributed by atoms with van der Waals surface area (Å²) in [6.45, 7) is 10.5. The molecule has 0 aliphatic heterocycles. The zero-order valence-corrected chi connectivity index (χ0v) is 13.9. The van der Waals surface area contributed by atoms with Gasteiger partial charge in [0.05, 0.1) is 6.04 Å². The van der Waals surface area contributed by atoms with Gasteiger partial charge in [0, 0.05) is 12.1 Å². The summed E-state index contributed by atoms with van der Waals surface area (Å²) in [7, 11) is 0. The highest BCUT2D eigenvalue weighted by atomic mass is 16.2. The van der Waals surface area contributed by atoms with E-state index < -0.39 is 0 Å². The SMILES string of the molecule is CC(C)NC(=O)C(C)NC1c2ccccc2CCC1(C)C. The second-order valence-corrected chi connectivity index (χ2v) is 7.17. The molecule has 1 amide bonds. The smallest absolute Gasteiger partial charge is 0.237 e. The summed E-state index contributed by atoms with van der Waals surface area (Å²) in [4.78, 5) is 12.2. The lowest BCUT2D eigenvalue weighted by atomic mass is 9.70. The summed E-state index contributed by atoms with van der Waals surface area (Å²) in [5, 5.41) is 6.54. The lowest BCUT2D eigenvalue weighted by molar-refractivity contribution is -0.123. The van der Waals surface area contributed by atoms with Gasteiger partial charge in [-0.25, -0.2) is 0 Å². The fourth-order valence-corrected chi connectivity index (χ4v) is 3.12. The van der Waals surface area contributed by atoms with E-state index in [1.807, 2.05) is 20.8 Å². The van der Waals surface area contributed by atoms with Gasteiger partial charge in [0.25, 0.3) is 0 Å². The second kappa shape index (κ2) is 6.18. The molecule has 0 aromatic heterocycles. The fraction of sp³-hybridized carbons (Fsp3) is 0.611. The van der Waals surface area contributed by atoms with E-state index in [-0.39, 0.29) is 29.4 Å². The molecule has 0 fully saturated rings. The summed E-state index contributed by atoms with van der Waals surface area (Å²) in [5.74, 6) is 0.0730. The predicted octanol–water partition coefficient (Wildman–Crippen LogP) is 3.20. The summed E-state index contributed by atoms with van der Waals surface area (Å²) in [6.07, 6.45) is 2.26. The van der Waals surface area contributed by atoms with Crippen LogP contribution in [0.1, 0.15) is 58.2 Å². The second-order valence-electron chi connectivity index (χ2n) is 7.17. The molecule has 2 rings (SSSR count). The highest BCUT2D eigenvalue weighted by Gasteiger charge is 2.37. The summed E-state index contributed by atoms with van der Waals surface area (Å²) >= 11 is 0.